The minimum Gasteiger partial charge on any atom is -0.480 e. The molecule has 0 fully saturated rings. The molecule has 0 aliphatic rings. The van der Waals surface area contributed by atoms with Gasteiger partial charge in [-0.2, -0.15) is 0 Å². The molecule has 0 spiro atoms. The molecular weight excluding hydrogens is 256 g/mol. The van der Waals surface area contributed by atoms with Crippen molar-refractivity contribution in [1.29, 1.82) is 0 Å². The van der Waals surface area contributed by atoms with Crippen molar-refractivity contribution >= 4 is 11.9 Å². The predicted molar refractivity (Wildman–Crippen MR) is 77.4 cm³/mol. The number of rotatable bonds is 8. The second-order valence-corrected chi connectivity index (χ2v) is 4.76. The molecule has 0 aliphatic heterocycles. The third kappa shape index (κ3) is 5.01. The van der Waals surface area contributed by atoms with Gasteiger partial charge in [-0.1, -0.05) is 43.7 Å². The zero-order valence-corrected chi connectivity index (χ0v) is 12.0. The predicted octanol–water partition coefficient (Wildman–Crippen LogP) is 1.66. The molecule has 0 aromatic heterocycles. The van der Waals surface area contributed by atoms with Gasteiger partial charge in [0.25, 0.3) is 0 Å². The molecule has 1 unspecified atom stereocenters. The van der Waals surface area contributed by atoms with Gasteiger partial charge in [0.1, 0.15) is 12.6 Å². The van der Waals surface area contributed by atoms with E-state index >= 15 is 0 Å². The Morgan fingerprint density at radius 1 is 1.30 bits per heavy atom. The number of nitrogens with one attached hydrogen (secondary N) is 1. The number of nitrogens with zero attached hydrogens (tertiary/aromatic N) is 1. The minimum absolute atomic E-state index is 0.280. The van der Waals surface area contributed by atoms with Crippen LogP contribution < -0.4 is 5.32 Å². The number of amides is 1. The SMILES string of the molecule is CCCCN(C)C(C(=O)NCC(=O)O)c1ccccc1. The van der Waals surface area contributed by atoms with E-state index in [1.165, 1.54) is 0 Å². The number of benzene rings is 1. The molecule has 110 valence electrons. The Morgan fingerprint density at radius 3 is 2.50 bits per heavy atom. The topological polar surface area (TPSA) is 69.6 Å². The summed E-state index contributed by atoms with van der Waals surface area (Å²) in [4.78, 5) is 24.8. The highest BCUT2D eigenvalue weighted by molar-refractivity contribution is 5.86. The zero-order valence-electron chi connectivity index (χ0n) is 12.0. The van der Waals surface area contributed by atoms with Crippen LogP contribution in [-0.2, 0) is 9.59 Å². The summed E-state index contributed by atoms with van der Waals surface area (Å²) in [5.74, 6) is -1.32. The van der Waals surface area contributed by atoms with Crippen molar-refractivity contribution in [3.8, 4) is 0 Å². The largest absolute Gasteiger partial charge is 0.480 e. The number of carboxylic acid groups (broad SMARTS) is 1. The van der Waals surface area contributed by atoms with E-state index in [-0.39, 0.29) is 12.5 Å². The molecular formula is C15H22N2O3. The van der Waals surface area contributed by atoms with Gasteiger partial charge in [0.15, 0.2) is 0 Å². The summed E-state index contributed by atoms with van der Waals surface area (Å²) in [6.45, 7) is 2.52. The van der Waals surface area contributed by atoms with Gasteiger partial charge in [-0.25, -0.2) is 0 Å². The average Bonchev–Trinajstić information content (AvgIpc) is 2.44. The van der Waals surface area contributed by atoms with Gasteiger partial charge in [-0.3, -0.25) is 14.5 Å². The van der Waals surface area contributed by atoms with Gasteiger partial charge in [-0.15, -0.1) is 0 Å². The van der Waals surface area contributed by atoms with Crippen LogP contribution >= 0.6 is 0 Å². The first kappa shape index (κ1) is 16.2. The van der Waals surface area contributed by atoms with Crippen LogP contribution in [0.25, 0.3) is 0 Å². The van der Waals surface area contributed by atoms with Crippen molar-refractivity contribution in [3.05, 3.63) is 35.9 Å². The molecule has 0 aliphatic carbocycles. The average molecular weight is 278 g/mol. The Morgan fingerprint density at radius 2 is 1.95 bits per heavy atom. The van der Waals surface area contributed by atoms with E-state index in [1.54, 1.807) is 0 Å². The number of unbranched alkanes of at least 4 members (excludes halogenated alkanes) is 1. The quantitative estimate of drug-likeness (QED) is 0.759. The van der Waals surface area contributed by atoms with Crippen molar-refractivity contribution in [2.75, 3.05) is 20.1 Å². The normalized spacial score (nSPS) is 12.2. The molecule has 0 radical (unpaired) electrons. The number of likely N-dealkylation sites (N-methyl/N-ethyl adjacent to an activating group) is 1. The molecule has 0 saturated heterocycles. The number of hydrogen-bond acceptors (Lipinski definition) is 3. The molecule has 5 nitrogen and oxygen atoms in total. The number of carboxylic acids is 1. The Labute approximate surface area is 119 Å². The second-order valence-electron chi connectivity index (χ2n) is 4.76. The minimum atomic E-state index is -1.04. The maximum Gasteiger partial charge on any atom is 0.322 e. The molecule has 0 heterocycles. The third-order valence-electron chi connectivity index (χ3n) is 3.08. The van der Waals surface area contributed by atoms with Crippen LogP contribution in [0.5, 0.6) is 0 Å². The van der Waals surface area contributed by atoms with Crippen LogP contribution in [0.1, 0.15) is 31.4 Å². The number of aliphatic carboxylic acids is 1. The summed E-state index contributed by atoms with van der Waals surface area (Å²) in [6.07, 6.45) is 2.04. The first-order valence-electron chi connectivity index (χ1n) is 6.81. The van der Waals surface area contributed by atoms with E-state index in [1.807, 2.05) is 42.3 Å². The van der Waals surface area contributed by atoms with E-state index in [4.69, 9.17) is 5.11 Å². The summed E-state index contributed by atoms with van der Waals surface area (Å²) in [5, 5.41) is 11.1. The Hall–Kier alpha value is -1.88. The van der Waals surface area contributed by atoms with E-state index in [9.17, 15) is 9.59 Å². The monoisotopic (exact) mass is 278 g/mol. The first-order valence-corrected chi connectivity index (χ1v) is 6.81. The van der Waals surface area contributed by atoms with Crippen LogP contribution in [0, 0.1) is 0 Å². The molecule has 20 heavy (non-hydrogen) atoms. The van der Waals surface area contributed by atoms with Gasteiger partial charge >= 0.3 is 5.97 Å². The highest BCUT2D eigenvalue weighted by Crippen LogP contribution is 2.19. The molecule has 1 amide bonds. The highest BCUT2D eigenvalue weighted by Gasteiger charge is 2.24. The van der Waals surface area contributed by atoms with Gasteiger partial charge < -0.3 is 10.4 Å². The summed E-state index contributed by atoms with van der Waals surface area (Å²) >= 11 is 0. The fourth-order valence-electron chi connectivity index (χ4n) is 2.04. The Balaban J connectivity index is 2.84. The highest BCUT2D eigenvalue weighted by atomic mass is 16.4. The second kappa shape index (κ2) is 8.32. The summed E-state index contributed by atoms with van der Waals surface area (Å²) in [6, 6.07) is 8.95. The molecule has 1 aromatic rings. The van der Waals surface area contributed by atoms with Crippen LogP contribution in [0.15, 0.2) is 30.3 Å². The van der Waals surface area contributed by atoms with Gasteiger partial charge in [0.05, 0.1) is 0 Å². The molecule has 0 bridgehead atoms. The maximum atomic E-state index is 12.2. The van der Waals surface area contributed by atoms with Crippen molar-refractivity contribution in [2.45, 2.75) is 25.8 Å². The van der Waals surface area contributed by atoms with E-state index in [2.05, 4.69) is 12.2 Å². The zero-order chi connectivity index (χ0) is 15.0. The third-order valence-corrected chi connectivity index (χ3v) is 3.08. The van der Waals surface area contributed by atoms with Crippen molar-refractivity contribution in [3.63, 3.8) is 0 Å². The lowest BCUT2D eigenvalue weighted by Crippen LogP contribution is -2.41. The number of carbonyl (C=O) groups is 2. The number of carbonyl (C=O) groups excluding carboxylic acids is 1. The molecule has 5 heteroatoms. The maximum absolute atomic E-state index is 12.2. The molecule has 1 aromatic carbocycles. The standard InChI is InChI=1S/C15H22N2O3/c1-3-4-10-17(2)14(12-8-6-5-7-9-12)15(20)16-11-13(18)19/h5-9,14H,3-4,10-11H2,1-2H3,(H,16,20)(H,18,19). The van der Waals surface area contributed by atoms with Crippen molar-refractivity contribution in [2.24, 2.45) is 0 Å². The lowest BCUT2D eigenvalue weighted by molar-refractivity contribution is -0.138. The van der Waals surface area contributed by atoms with E-state index in [0.717, 1.165) is 24.9 Å². The van der Waals surface area contributed by atoms with Crippen LogP contribution in [0.3, 0.4) is 0 Å². The number of hydrogen-bond donors (Lipinski definition) is 2. The first-order chi connectivity index (χ1) is 9.56. The van der Waals surface area contributed by atoms with Gasteiger partial charge in [0, 0.05) is 0 Å². The fourth-order valence-corrected chi connectivity index (χ4v) is 2.04. The van der Waals surface area contributed by atoms with Gasteiger partial charge in [0.2, 0.25) is 5.91 Å². The molecule has 2 N–H and O–H groups in total. The lowest BCUT2D eigenvalue weighted by atomic mass is 10.0. The van der Waals surface area contributed by atoms with Crippen LogP contribution in [-0.4, -0.2) is 42.0 Å². The van der Waals surface area contributed by atoms with Crippen LogP contribution in [0.2, 0.25) is 0 Å². The van der Waals surface area contributed by atoms with Crippen LogP contribution in [0.4, 0.5) is 0 Å². The summed E-state index contributed by atoms with van der Waals surface area (Å²) in [7, 11) is 1.88. The molecule has 0 saturated carbocycles. The van der Waals surface area contributed by atoms with Crippen molar-refractivity contribution < 1.29 is 14.7 Å². The van der Waals surface area contributed by atoms with E-state index in [0.29, 0.717) is 0 Å². The fraction of sp³-hybridized carbons (Fsp3) is 0.467. The summed E-state index contributed by atoms with van der Waals surface area (Å²) < 4.78 is 0. The van der Waals surface area contributed by atoms with Crippen molar-refractivity contribution in [1.82, 2.24) is 10.2 Å². The smallest absolute Gasteiger partial charge is 0.322 e. The Kier molecular flexibility index (Phi) is 6.73. The van der Waals surface area contributed by atoms with Gasteiger partial charge in [-0.05, 0) is 25.6 Å². The Bertz CT molecular complexity index is 434. The molecule has 1 rings (SSSR count). The lowest BCUT2D eigenvalue weighted by Gasteiger charge is -2.27. The molecule has 1 atom stereocenters. The summed E-state index contributed by atoms with van der Waals surface area (Å²) in [5.41, 5.74) is 0.869. The van der Waals surface area contributed by atoms with E-state index < -0.39 is 12.0 Å².